The Morgan fingerprint density at radius 3 is 2.17 bits per heavy atom. The van der Waals surface area contributed by atoms with Crippen LogP contribution in [0.25, 0.3) is 0 Å². The lowest BCUT2D eigenvalue weighted by atomic mass is 9.79. The fourth-order valence-corrected chi connectivity index (χ4v) is 4.50. The van der Waals surface area contributed by atoms with Gasteiger partial charge in [-0.1, -0.05) is 64.8 Å². The number of aromatic nitrogens is 2. The van der Waals surface area contributed by atoms with Crippen molar-refractivity contribution in [2.75, 3.05) is 13.2 Å². The molecule has 4 nitrogen and oxygen atoms in total. The molecule has 160 valence electrons. The lowest BCUT2D eigenvalue weighted by molar-refractivity contribution is -0.314. The third-order valence-electron chi connectivity index (χ3n) is 6.27. The molecule has 1 aromatic carbocycles. The molecular formula is C25H38N2O2. The van der Waals surface area contributed by atoms with E-state index in [1.807, 2.05) is 18.7 Å². The summed E-state index contributed by atoms with van der Waals surface area (Å²) in [5.74, 6) is -0.0190. The van der Waals surface area contributed by atoms with Crippen molar-refractivity contribution in [2.24, 2.45) is 5.41 Å². The molecule has 0 unspecified atom stereocenters. The zero-order valence-electron chi connectivity index (χ0n) is 18.7. The van der Waals surface area contributed by atoms with Gasteiger partial charge in [-0.2, -0.15) is 0 Å². The van der Waals surface area contributed by atoms with Crippen molar-refractivity contribution in [2.45, 2.75) is 84.5 Å². The van der Waals surface area contributed by atoms with Gasteiger partial charge in [0.15, 0.2) is 5.79 Å². The topological polar surface area (TPSA) is 36.3 Å². The maximum atomic E-state index is 6.57. The predicted molar refractivity (Wildman–Crippen MR) is 118 cm³/mol. The van der Waals surface area contributed by atoms with Crippen LogP contribution in [-0.4, -0.2) is 28.6 Å². The van der Waals surface area contributed by atoms with Crippen molar-refractivity contribution in [3.8, 4) is 0 Å². The molecule has 29 heavy (non-hydrogen) atoms. The molecule has 2 heterocycles. The smallest absolute Gasteiger partial charge is 0.186 e. The first-order valence-electron chi connectivity index (χ1n) is 11.3. The van der Waals surface area contributed by atoms with Gasteiger partial charge in [0, 0.05) is 24.2 Å². The van der Waals surface area contributed by atoms with Crippen LogP contribution >= 0.6 is 0 Å². The van der Waals surface area contributed by atoms with Gasteiger partial charge < -0.3 is 14.0 Å². The number of hydrogen-bond donors (Lipinski definition) is 0. The molecule has 1 saturated heterocycles. The van der Waals surface area contributed by atoms with E-state index in [0.29, 0.717) is 12.5 Å². The first-order valence-corrected chi connectivity index (χ1v) is 11.3. The first-order chi connectivity index (χ1) is 14.0. The molecule has 1 aliphatic heterocycles. The molecule has 0 spiro atoms. The van der Waals surface area contributed by atoms with Crippen LogP contribution in [0.3, 0.4) is 0 Å². The van der Waals surface area contributed by atoms with E-state index in [2.05, 4.69) is 61.5 Å². The van der Waals surface area contributed by atoms with E-state index < -0.39 is 5.79 Å². The SMILES string of the molecule is CCCC1(CCC)COC(CCc2ccc(C(C)C)cc2)(Cn2ccnc2)OC1. The molecule has 1 fully saturated rings. The lowest BCUT2D eigenvalue weighted by Crippen LogP contribution is -2.52. The zero-order chi connectivity index (χ0) is 20.7. The van der Waals surface area contributed by atoms with E-state index in [0.717, 1.165) is 26.1 Å². The summed E-state index contributed by atoms with van der Waals surface area (Å²) >= 11 is 0. The van der Waals surface area contributed by atoms with Crippen LogP contribution in [0.5, 0.6) is 0 Å². The number of aryl methyl sites for hydroxylation is 1. The Labute approximate surface area is 176 Å². The number of imidazole rings is 1. The van der Waals surface area contributed by atoms with Crippen molar-refractivity contribution < 1.29 is 9.47 Å². The van der Waals surface area contributed by atoms with E-state index >= 15 is 0 Å². The summed E-state index contributed by atoms with van der Waals surface area (Å²) in [6.07, 6.45) is 12.1. The molecule has 1 aromatic heterocycles. The summed E-state index contributed by atoms with van der Waals surface area (Å²) < 4.78 is 15.2. The Hall–Kier alpha value is -1.65. The second-order valence-electron chi connectivity index (χ2n) is 9.12. The van der Waals surface area contributed by atoms with Crippen molar-refractivity contribution in [3.05, 3.63) is 54.1 Å². The molecule has 0 bridgehead atoms. The Morgan fingerprint density at radius 2 is 1.66 bits per heavy atom. The average molecular weight is 399 g/mol. The van der Waals surface area contributed by atoms with Crippen molar-refractivity contribution in [3.63, 3.8) is 0 Å². The van der Waals surface area contributed by atoms with Gasteiger partial charge in [-0.15, -0.1) is 0 Å². The van der Waals surface area contributed by atoms with Crippen LogP contribution < -0.4 is 0 Å². The van der Waals surface area contributed by atoms with Gasteiger partial charge >= 0.3 is 0 Å². The Kier molecular flexibility index (Phi) is 7.53. The summed E-state index contributed by atoms with van der Waals surface area (Å²) in [6.45, 7) is 11.2. The fraction of sp³-hybridized carbons (Fsp3) is 0.640. The van der Waals surface area contributed by atoms with Crippen LogP contribution in [0.2, 0.25) is 0 Å². The summed E-state index contributed by atoms with van der Waals surface area (Å²) in [5, 5.41) is 0. The normalized spacial score (nSPS) is 18.2. The van der Waals surface area contributed by atoms with Crippen molar-refractivity contribution in [1.82, 2.24) is 9.55 Å². The molecule has 0 radical (unpaired) electrons. The van der Waals surface area contributed by atoms with Gasteiger partial charge in [-0.25, -0.2) is 4.98 Å². The van der Waals surface area contributed by atoms with E-state index in [4.69, 9.17) is 9.47 Å². The number of nitrogens with zero attached hydrogens (tertiary/aromatic N) is 2. The molecule has 2 aromatic rings. The van der Waals surface area contributed by atoms with Gasteiger partial charge in [-0.05, 0) is 36.3 Å². The Morgan fingerprint density at radius 1 is 1.00 bits per heavy atom. The van der Waals surface area contributed by atoms with Crippen LogP contribution in [-0.2, 0) is 22.4 Å². The van der Waals surface area contributed by atoms with Crippen LogP contribution in [0.15, 0.2) is 43.0 Å². The van der Waals surface area contributed by atoms with Crippen LogP contribution in [0.4, 0.5) is 0 Å². The maximum Gasteiger partial charge on any atom is 0.186 e. The minimum Gasteiger partial charge on any atom is -0.347 e. The highest BCUT2D eigenvalue weighted by molar-refractivity contribution is 5.24. The summed E-state index contributed by atoms with van der Waals surface area (Å²) in [5.41, 5.74) is 2.89. The molecule has 0 saturated carbocycles. The molecule has 0 N–H and O–H groups in total. The second kappa shape index (κ2) is 9.90. The lowest BCUT2D eigenvalue weighted by Gasteiger charge is -2.47. The largest absolute Gasteiger partial charge is 0.347 e. The minimum absolute atomic E-state index is 0.168. The molecule has 1 aliphatic rings. The monoisotopic (exact) mass is 398 g/mol. The van der Waals surface area contributed by atoms with Gasteiger partial charge in [0.2, 0.25) is 0 Å². The van der Waals surface area contributed by atoms with Gasteiger partial charge in [0.1, 0.15) is 0 Å². The number of rotatable bonds is 10. The number of benzene rings is 1. The average Bonchev–Trinajstić information content (AvgIpc) is 3.22. The van der Waals surface area contributed by atoms with E-state index in [9.17, 15) is 0 Å². The van der Waals surface area contributed by atoms with Crippen LogP contribution in [0.1, 0.15) is 76.8 Å². The number of ether oxygens (including phenoxy) is 2. The second-order valence-corrected chi connectivity index (χ2v) is 9.12. The van der Waals surface area contributed by atoms with E-state index in [1.165, 1.54) is 36.8 Å². The highest BCUT2D eigenvalue weighted by Crippen LogP contribution is 2.40. The van der Waals surface area contributed by atoms with Gasteiger partial charge in [-0.3, -0.25) is 0 Å². The minimum atomic E-state index is -0.581. The van der Waals surface area contributed by atoms with Crippen LogP contribution in [0, 0.1) is 5.41 Å². The third-order valence-corrected chi connectivity index (χ3v) is 6.27. The van der Waals surface area contributed by atoms with Gasteiger partial charge in [0.25, 0.3) is 0 Å². The molecule has 0 atom stereocenters. The fourth-order valence-electron chi connectivity index (χ4n) is 4.50. The molecule has 3 rings (SSSR count). The Balaban J connectivity index is 1.71. The third kappa shape index (κ3) is 5.70. The highest BCUT2D eigenvalue weighted by atomic mass is 16.7. The quantitative estimate of drug-likeness (QED) is 0.495. The van der Waals surface area contributed by atoms with E-state index in [1.54, 1.807) is 0 Å². The predicted octanol–water partition coefficient (Wildman–Crippen LogP) is 5.97. The summed E-state index contributed by atoms with van der Waals surface area (Å²) in [7, 11) is 0. The van der Waals surface area contributed by atoms with E-state index in [-0.39, 0.29) is 5.41 Å². The molecule has 0 amide bonds. The number of hydrogen-bond acceptors (Lipinski definition) is 3. The summed E-state index contributed by atoms with van der Waals surface area (Å²) in [6, 6.07) is 9.00. The standard InChI is InChI=1S/C25H38N2O2/c1-5-12-24(13-6-2)18-28-25(29-19-24,17-27-16-15-26-20-27)14-11-22-7-9-23(10-8-22)21(3)4/h7-10,15-16,20-21H,5-6,11-14,17-19H2,1-4H3. The first kappa shape index (κ1) is 22.0. The Bertz CT molecular complexity index is 706. The molecule has 0 aliphatic carbocycles. The molecular weight excluding hydrogens is 360 g/mol. The summed E-state index contributed by atoms with van der Waals surface area (Å²) in [4.78, 5) is 4.20. The van der Waals surface area contributed by atoms with Gasteiger partial charge in [0.05, 0.1) is 26.1 Å². The highest BCUT2D eigenvalue weighted by Gasteiger charge is 2.44. The maximum absolute atomic E-state index is 6.57. The molecule has 4 heteroatoms. The van der Waals surface area contributed by atoms with Crippen molar-refractivity contribution in [1.29, 1.82) is 0 Å². The zero-order valence-corrected chi connectivity index (χ0v) is 18.7. The van der Waals surface area contributed by atoms with Crippen molar-refractivity contribution >= 4 is 0 Å².